The maximum atomic E-state index is 12.1. The van der Waals surface area contributed by atoms with Gasteiger partial charge >= 0.3 is 0 Å². The predicted molar refractivity (Wildman–Crippen MR) is 118 cm³/mol. The number of hydrogen-bond donors (Lipinski definition) is 1. The maximum absolute atomic E-state index is 12.1. The summed E-state index contributed by atoms with van der Waals surface area (Å²) in [5, 5.41) is 1.96. The van der Waals surface area contributed by atoms with Gasteiger partial charge in [0.25, 0.3) is 0 Å². The number of ether oxygens (including phenoxy) is 1. The number of aromatic nitrogens is 1. The summed E-state index contributed by atoms with van der Waals surface area (Å²) in [6.07, 6.45) is 0. The molecule has 1 heterocycles. The van der Waals surface area contributed by atoms with Crippen molar-refractivity contribution in [1.82, 2.24) is 4.57 Å². The van der Waals surface area contributed by atoms with E-state index in [9.17, 15) is 4.79 Å². The van der Waals surface area contributed by atoms with Crippen LogP contribution in [0.4, 0.5) is 0 Å². The zero-order valence-corrected chi connectivity index (χ0v) is 17.4. The summed E-state index contributed by atoms with van der Waals surface area (Å²) < 4.78 is 7.63. The average molecular weight is 386 g/mol. The first-order chi connectivity index (χ1) is 13.9. The van der Waals surface area contributed by atoms with Crippen LogP contribution in [0.25, 0.3) is 21.8 Å². The van der Waals surface area contributed by atoms with E-state index in [4.69, 9.17) is 10.5 Å². The van der Waals surface area contributed by atoms with E-state index in [2.05, 4.69) is 61.7 Å². The third-order valence-corrected chi connectivity index (χ3v) is 5.69. The summed E-state index contributed by atoms with van der Waals surface area (Å²) in [7, 11) is 1.70. The van der Waals surface area contributed by atoms with Gasteiger partial charge < -0.3 is 15.0 Å². The minimum atomic E-state index is -0.404. The largest absolute Gasteiger partial charge is 0.380 e. The van der Waals surface area contributed by atoms with Crippen molar-refractivity contribution in [2.24, 2.45) is 5.73 Å². The number of nitrogens with two attached hydrogens (primary N) is 1. The fourth-order valence-corrected chi connectivity index (χ4v) is 4.44. The van der Waals surface area contributed by atoms with Gasteiger partial charge in [0, 0.05) is 35.5 Å². The zero-order valence-electron chi connectivity index (χ0n) is 17.4. The Morgan fingerprint density at radius 1 is 1.00 bits per heavy atom. The second kappa shape index (κ2) is 7.37. The first-order valence-corrected chi connectivity index (χ1v) is 9.80. The smallest absolute Gasteiger partial charge is 0.249 e. The molecular weight excluding hydrogens is 360 g/mol. The molecule has 29 heavy (non-hydrogen) atoms. The van der Waals surface area contributed by atoms with E-state index >= 15 is 0 Å². The van der Waals surface area contributed by atoms with Gasteiger partial charge in [0.15, 0.2) is 0 Å². The highest BCUT2D eigenvalue weighted by Crippen LogP contribution is 2.34. The Morgan fingerprint density at radius 2 is 1.72 bits per heavy atom. The summed E-state index contributed by atoms with van der Waals surface area (Å²) in [4.78, 5) is 12.1. The van der Waals surface area contributed by atoms with E-state index < -0.39 is 5.91 Å². The van der Waals surface area contributed by atoms with Crippen LogP contribution in [0.2, 0.25) is 0 Å². The Hall–Kier alpha value is -3.11. The number of hydrogen-bond acceptors (Lipinski definition) is 2. The van der Waals surface area contributed by atoms with Crippen molar-refractivity contribution < 1.29 is 9.53 Å². The minimum Gasteiger partial charge on any atom is -0.380 e. The van der Waals surface area contributed by atoms with Crippen LogP contribution in [-0.4, -0.2) is 17.6 Å². The normalized spacial score (nSPS) is 11.4. The average Bonchev–Trinajstić information content (AvgIpc) is 2.97. The second-order valence-electron chi connectivity index (χ2n) is 7.81. The van der Waals surface area contributed by atoms with Crippen LogP contribution in [-0.2, 0) is 17.9 Å². The first-order valence-electron chi connectivity index (χ1n) is 9.80. The van der Waals surface area contributed by atoms with Crippen LogP contribution in [0.3, 0.4) is 0 Å². The third kappa shape index (κ3) is 3.30. The highest BCUT2D eigenvalue weighted by molar-refractivity contribution is 6.18. The third-order valence-electron chi connectivity index (χ3n) is 5.69. The molecule has 4 heteroatoms. The van der Waals surface area contributed by atoms with Gasteiger partial charge in [0.05, 0.1) is 12.1 Å². The molecule has 148 valence electrons. The SMILES string of the molecule is COCc1ccc2c3c(C(N)=O)cccc3n(Cc3c(C)cc(C)cc3C)c2c1. The van der Waals surface area contributed by atoms with Gasteiger partial charge in [-0.2, -0.15) is 0 Å². The molecule has 4 rings (SSSR count). The van der Waals surface area contributed by atoms with Crippen LogP contribution in [0, 0.1) is 20.8 Å². The van der Waals surface area contributed by atoms with Crippen LogP contribution in [0.5, 0.6) is 0 Å². The number of amides is 1. The molecule has 0 aliphatic carbocycles. The quantitative estimate of drug-likeness (QED) is 0.524. The van der Waals surface area contributed by atoms with Crippen molar-refractivity contribution in [3.63, 3.8) is 0 Å². The van der Waals surface area contributed by atoms with Gasteiger partial charge in [-0.15, -0.1) is 0 Å². The monoisotopic (exact) mass is 386 g/mol. The minimum absolute atomic E-state index is 0.404. The topological polar surface area (TPSA) is 57.2 Å². The molecule has 4 aromatic rings. The lowest BCUT2D eigenvalue weighted by atomic mass is 9.99. The van der Waals surface area contributed by atoms with Gasteiger partial charge in [-0.3, -0.25) is 4.79 Å². The van der Waals surface area contributed by atoms with Crippen molar-refractivity contribution in [2.45, 2.75) is 33.9 Å². The van der Waals surface area contributed by atoms with Crippen molar-refractivity contribution >= 4 is 27.7 Å². The summed E-state index contributed by atoms with van der Waals surface area (Å²) in [6.45, 7) is 7.72. The standard InChI is InChI=1S/C25H26N2O2/c1-15-10-16(2)21(17(3)11-15)13-27-22-7-5-6-20(25(26)28)24(22)19-9-8-18(14-29-4)12-23(19)27/h5-12H,13-14H2,1-4H3,(H2,26,28). The Balaban J connectivity index is 2.04. The Morgan fingerprint density at radius 3 is 2.38 bits per heavy atom. The van der Waals surface area contributed by atoms with Crippen LogP contribution < -0.4 is 5.73 Å². The molecule has 0 saturated carbocycles. The van der Waals surface area contributed by atoms with Crippen molar-refractivity contribution in [3.8, 4) is 0 Å². The van der Waals surface area contributed by atoms with Gasteiger partial charge in [-0.25, -0.2) is 0 Å². The van der Waals surface area contributed by atoms with Crippen LogP contribution >= 0.6 is 0 Å². The molecule has 0 aliphatic rings. The number of aryl methyl sites for hydroxylation is 3. The second-order valence-corrected chi connectivity index (χ2v) is 7.81. The predicted octanol–water partition coefficient (Wildman–Crippen LogP) is 5.01. The summed E-state index contributed by atoms with van der Waals surface area (Å²) >= 11 is 0. The van der Waals surface area contributed by atoms with Gasteiger partial charge in [0.2, 0.25) is 5.91 Å². The van der Waals surface area contributed by atoms with Crippen molar-refractivity contribution in [3.05, 3.63) is 81.9 Å². The van der Waals surface area contributed by atoms with Crippen LogP contribution in [0.1, 0.15) is 38.2 Å². The number of methoxy groups -OCH3 is 1. The summed E-state index contributed by atoms with van der Waals surface area (Å²) in [6, 6.07) is 16.5. The molecule has 1 aromatic heterocycles. The van der Waals surface area contributed by atoms with E-state index in [1.54, 1.807) is 13.2 Å². The van der Waals surface area contributed by atoms with Gasteiger partial charge in [0.1, 0.15) is 0 Å². The fraction of sp³-hybridized carbons (Fsp3) is 0.240. The lowest BCUT2D eigenvalue weighted by Gasteiger charge is -2.15. The number of carbonyl (C=O) groups excluding carboxylic acids is 1. The Labute approximate surface area is 170 Å². The number of fused-ring (bicyclic) bond motifs is 3. The lowest BCUT2D eigenvalue weighted by Crippen LogP contribution is -2.11. The highest BCUT2D eigenvalue weighted by Gasteiger charge is 2.18. The number of primary amides is 1. The van der Waals surface area contributed by atoms with Crippen molar-refractivity contribution in [1.29, 1.82) is 0 Å². The van der Waals surface area contributed by atoms with E-state index in [0.717, 1.165) is 33.9 Å². The lowest BCUT2D eigenvalue weighted by molar-refractivity contribution is 0.100. The van der Waals surface area contributed by atoms with E-state index in [1.165, 1.54) is 22.3 Å². The zero-order chi connectivity index (χ0) is 20.7. The molecule has 1 amide bonds. The summed E-state index contributed by atoms with van der Waals surface area (Å²) in [5.41, 5.74) is 14.6. The summed E-state index contributed by atoms with van der Waals surface area (Å²) in [5.74, 6) is -0.404. The molecule has 0 bridgehead atoms. The molecule has 0 aliphatic heterocycles. The molecule has 4 nitrogen and oxygen atoms in total. The molecular formula is C25H26N2O2. The molecule has 0 fully saturated rings. The Kier molecular flexibility index (Phi) is 4.89. The number of carbonyl (C=O) groups is 1. The van der Waals surface area contributed by atoms with E-state index in [1.807, 2.05) is 6.07 Å². The maximum Gasteiger partial charge on any atom is 0.249 e. The number of nitrogens with zero attached hydrogens (tertiary/aromatic N) is 1. The van der Waals surface area contributed by atoms with Crippen LogP contribution in [0.15, 0.2) is 48.5 Å². The molecule has 0 saturated heterocycles. The van der Waals surface area contributed by atoms with Crippen molar-refractivity contribution in [2.75, 3.05) is 7.11 Å². The molecule has 0 radical (unpaired) electrons. The Bertz CT molecular complexity index is 1230. The highest BCUT2D eigenvalue weighted by atomic mass is 16.5. The van der Waals surface area contributed by atoms with Gasteiger partial charge in [-0.1, -0.05) is 35.9 Å². The van der Waals surface area contributed by atoms with E-state index in [0.29, 0.717) is 12.2 Å². The van der Waals surface area contributed by atoms with E-state index in [-0.39, 0.29) is 0 Å². The number of rotatable bonds is 5. The number of benzene rings is 3. The first kappa shape index (κ1) is 19.2. The molecule has 0 atom stereocenters. The fourth-order valence-electron chi connectivity index (χ4n) is 4.44. The van der Waals surface area contributed by atoms with Gasteiger partial charge in [-0.05, 0) is 61.2 Å². The molecule has 0 spiro atoms. The molecule has 2 N–H and O–H groups in total. The molecule has 3 aromatic carbocycles. The molecule has 0 unspecified atom stereocenters.